The van der Waals surface area contributed by atoms with Gasteiger partial charge in [-0.1, -0.05) is 31.2 Å². The van der Waals surface area contributed by atoms with Gasteiger partial charge in [-0.3, -0.25) is 11.3 Å². The number of rotatable bonds is 5. The Hall–Kier alpha value is -0.940. The number of hydrazine groups is 1. The third kappa shape index (κ3) is 2.98. The molecule has 2 rings (SSSR count). The summed E-state index contributed by atoms with van der Waals surface area (Å²) < 4.78 is 11.3. The summed E-state index contributed by atoms with van der Waals surface area (Å²) in [6.45, 7) is 3.60. The Labute approximate surface area is 115 Å². The van der Waals surface area contributed by atoms with Crippen molar-refractivity contribution in [2.75, 3.05) is 20.3 Å². The van der Waals surface area contributed by atoms with Crippen LogP contribution in [-0.2, 0) is 15.9 Å². The molecule has 0 bridgehead atoms. The van der Waals surface area contributed by atoms with E-state index in [1.807, 2.05) is 0 Å². The summed E-state index contributed by atoms with van der Waals surface area (Å²) in [6.07, 6.45) is 2.73. The molecule has 0 amide bonds. The van der Waals surface area contributed by atoms with Gasteiger partial charge in [-0.25, -0.2) is 0 Å². The number of methoxy groups -OCH3 is 1. The molecule has 0 aromatic heterocycles. The molecule has 106 valence electrons. The first-order valence-corrected chi connectivity index (χ1v) is 6.93. The molecule has 0 radical (unpaired) electrons. The fourth-order valence-corrected chi connectivity index (χ4v) is 2.87. The van der Waals surface area contributed by atoms with E-state index in [0.29, 0.717) is 0 Å². The fourth-order valence-electron chi connectivity index (χ4n) is 2.87. The molecule has 3 N–H and O–H groups in total. The summed E-state index contributed by atoms with van der Waals surface area (Å²) >= 11 is 0. The molecule has 1 aliphatic heterocycles. The lowest BCUT2D eigenvalue weighted by atomic mass is 9.82. The van der Waals surface area contributed by atoms with Crippen LogP contribution in [0.3, 0.4) is 0 Å². The molecule has 1 atom stereocenters. The Morgan fingerprint density at radius 3 is 2.74 bits per heavy atom. The van der Waals surface area contributed by atoms with E-state index in [2.05, 4.69) is 36.6 Å². The maximum Gasteiger partial charge on any atom is 0.0929 e. The number of hydrogen-bond acceptors (Lipinski definition) is 4. The Morgan fingerprint density at radius 2 is 2.16 bits per heavy atom. The number of nitrogens with two attached hydrogens (primary N) is 1. The highest BCUT2D eigenvalue weighted by atomic mass is 16.5. The van der Waals surface area contributed by atoms with Crippen LogP contribution in [0.1, 0.15) is 36.9 Å². The van der Waals surface area contributed by atoms with Crippen molar-refractivity contribution in [2.24, 2.45) is 5.84 Å². The topological polar surface area (TPSA) is 56.5 Å². The molecule has 0 saturated carbocycles. The summed E-state index contributed by atoms with van der Waals surface area (Å²) in [5, 5.41) is 0. The molecule has 1 aromatic rings. The van der Waals surface area contributed by atoms with Crippen LogP contribution < -0.4 is 11.3 Å². The molecule has 0 aliphatic carbocycles. The normalized spacial score (nSPS) is 20.2. The van der Waals surface area contributed by atoms with E-state index in [9.17, 15) is 0 Å². The van der Waals surface area contributed by atoms with E-state index in [-0.39, 0.29) is 11.6 Å². The van der Waals surface area contributed by atoms with Gasteiger partial charge in [-0.15, -0.1) is 0 Å². The average molecular weight is 264 g/mol. The van der Waals surface area contributed by atoms with Crippen molar-refractivity contribution in [3.05, 3.63) is 35.4 Å². The van der Waals surface area contributed by atoms with Gasteiger partial charge in [0.25, 0.3) is 0 Å². The van der Waals surface area contributed by atoms with E-state index < -0.39 is 0 Å². The predicted octanol–water partition coefficient (Wildman–Crippen LogP) is 1.95. The number of nitrogens with one attached hydrogen (secondary N) is 1. The van der Waals surface area contributed by atoms with Crippen molar-refractivity contribution in [1.29, 1.82) is 0 Å². The van der Waals surface area contributed by atoms with E-state index in [1.54, 1.807) is 7.11 Å². The van der Waals surface area contributed by atoms with E-state index in [4.69, 9.17) is 15.3 Å². The van der Waals surface area contributed by atoms with Crippen LogP contribution in [0.25, 0.3) is 0 Å². The van der Waals surface area contributed by atoms with Gasteiger partial charge in [-0.05, 0) is 17.5 Å². The first-order chi connectivity index (χ1) is 9.25. The van der Waals surface area contributed by atoms with Crippen LogP contribution in [0, 0.1) is 0 Å². The van der Waals surface area contributed by atoms with Crippen molar-refractivity contribution in [1.82, 2.24) is 5.43 Å². The smallest absolute Gasteiger partial charge is 0.0929 e. The molecule has 1 saturated heterocycles. The van der Waals surface area contributed by atoms with Crippen molar-refractivity contribution in [2.45, 2.75) is 37.8 Å². The third-order valence-corrected chi connectivity index (χ3v) is 4.13. The molecule has 19 heavy (non-hydrogen) atoms. The lowest BCUT2D eigenvalue weighted by molar-refractivity contribution is -0.111. The first-order valence-electron chi connectivity index (χ1n) is 6.93. The number of aryl methyl sites for hydroxylation is 1. The van der Waals surface area contributed by atoms with E-state index in [1.165, 1.54) is 11.1 Å². The first kappa shape index (κ1) is 14.5. The molecule has 0 spiro atoms. The van der Waals surface area contributed by atoms with Crippen LogP contribution in [0.5, 0.6) is 0 Å². The molecule has 1 aromatic carbocycles. The zero-order chi connectivity index (χ0) is 13.7. The molecule has 1 fully saturated rings. The molecule has 4 heteroatoms. The van der Waals surface area contributed by atoms with Crippen molar-refractivity contribution >= 4 is 0 Å². The van der Waals surface area contributed by atoms with E-state index in [0.717, 1.165) is 32.5 Å². The Morgan fingerprint density at radius 1 is 1.42 bits per heavy atom. The summed E-state index contributed by atoms with van der Waals surface area (Å²) in [6, 6.07) is 8.54. The zero-order valence-corrected chi connectivity index (χ0v) is 11.8. The second kappa shape index (κ2) is 6.48. The number of ether oxygens (including phenoxy) is 2. The van der Waals surface area contributed by atoms with Crippen LogP contribution in [-0.4, -0.2) is 25.9 Å². The highest BCUT2D eigenvalue weighted by molar-refractivity contribution is 5.28. The summed E-state index contributed by atoms with van der Waals surface area (Å²) in [5.74, 6) is 5.82. The van der Waals surface area contributed by atoms with Crippen LogP contribution >= 0.6 is 0 Å². The predicted molar refractivity (Wildman–Crippen MR) is 75.7 cm³/mol. The van der Waals surface area contributed by atoms with Gasteiger partial charge in [0.1, 0.15) is 0 Å². The highest BCUT2D eigenvalue weighted by Gasteiger charge is 2.41. The van der Waals surface area contributed by atoms with Gasteiger partial charge in [0, 0.05) is 33.2 Å². The van der Waals surface area contributed by atoms with Gasteiger partial charge in [-0.2, -0.15) is 0 Å². The standard InChI is InChI=1S/C15H24N2O2/c1-3-12-5-4-6-13(11-12)14(17-16)15(18-2)7-9-19-10-8-15/h4-6,11,14,17H,3,7-10,16H2,1-2H3. The summed E-state index contributed by atoms with van der Waals surface area (Å²) in [4.78, 5) is 0. The molecular formula is C15H24N2O2. The molecule has 1 aliphatic rings. The Kier molecular flexibility index (Phi) is 4.93. The lowest BCUT2D eigenvalue weighted by Crippen LogP contribution is -2.51. The second-order valence-corrected chi connectivity index (χ2v) is 5.08. The quantitative estimate of drug-likeness (QED) is 0.630. The van der Waals surface area contributed by atoms with Gasteiger partial charge in [0.05, 0.1) is 11.6 Å². The molecular weight excluding hydrogens is 240 g/mol. The average Bonchev–Trinajstić information content (AvgIpc) is 2.49. The van der Waals surface area contributed by atoms with Gasteiger partial charge in [0.2, 0.25) is 0 Å². The minimum atomic E-state index is -0.278. The monoisotopic (exact) mass is 264 g/mol. The third-order valence-electron chi connectivity index (χ3n) is 4.13. The maximum atomic E-state index is 5.84. The van der Waals surface area contributed by atoms with Gasteiger partial charge in [0.15, 0.2) is 0 Å². The lowest BCUT2D eigenvalue weighted by Gasteiger charge is -2.42. The SMILES string of the molecule is CCc1cccc(C(NN)C2(OC)CCOCC2)c1. The van der Waals surface area contributed by atoms with Crippen molar-refractivity contribution in [3.8, 4) is 0 Å². The molecule has 1 unspecified atom stereocenters. The minimum absolute atomic E-state index is 0.00657. The second-order valence-electron chi connectivity index (χ2n) is 5.08. The fraction of sp³-hybridized carbons (Fsp3) is 0.600. The van der Waals surface area contributed by atoms with Crippen LogP contribution in [0.2, 0.25) is 0 Å². The zero-order valence-electron chi connectivity index (χ0n) is 11.8. The number of hydrogen-bond donors (Lipinski definition) is 2. The largest absolute Gasteiger partial charge is 0.381 e. The minimum Gasteiger partial charge on any atom is -0.381 e. The van der Waals surface area contributed by atoms with Crippen molar-refractivity contribution in [3.63, 3.8) is 0 Å². The highest BCUT2D eigenvalue weighted by Crippen LogP contribution is 2.37. The van der Waals surface area contributed by atoms with Crippen LogP contribution in [0.4, 0.5) is 0 Å². The van der Waals surface area contributed by atoms with E-state index >= 15 is 0 Å². The number of benzene rings is 1. The van der Waals surface area contributed by atoms with Gasteiger partial charge >= 0.3 is 0 Å². The van der Waals surface area contributed by atoms with Crippen LogP contribution in [0.15, 0.2) is 24.3 Å². The molecule has 1 heterocycles. The Bertz CT molecular complexity index is 403. The Balaban J connectivity index is 2.30. The molecule has 4 nitrogen and oxygen atoms in total. The van der Waals surface area contributed by atoms with Crippen molar-refractivity contribution < 1.29 is 9.47 Å². The summed E-state index contributed by atoms with van der Waals surface area (Å²) in [5.41, 5.74) is 5.17. The summed E-state index contributed by atoms with van der Waals surface area (Å²) in [7, 11) is 1.76. The maximum absolute atomic E-state index is 5.84. The van der Waals surface area contributed by atoms with Gasteiger partial charge < -0.3 is 9.47 Å².